The van der Waals surface area contributed by atoms with E-state index in [9.17, 15) is 14.4 Å². The standard InChI is InChI=1S/C24H26N2O5/c1-16(24(29)25-19-10-6-8-17-7-2-3-9-18(17)19)31-23(28)13-14-26-20-11-4-5-12-21(20)30-15-22(26)27/h2-5,7,9,11-12,16,19H,6,8,10,13-15H2,1H3,(H,25,29)/t16-,19-/m1/s1. The van der Waals surface area contributed by atoms with Gasteiger partial charge in [0.25, 0.3) is 11.8 Å². The van der Waals surface area contributed by atoms with Gasteiger partial charge in [0, 0.05) is 6.54 Å². The Labute approximate surface area is 181 Å². The van der Waals surface area contributed by atoms with Gasteiger partial charge in [0.15, 0.2) is 12.7 Å². The number of esters is 1. The number of carbonyl (C=O) groups excluding carboxylic acids is 3. The quantitative estimate of drug-likeness (QED) is 0.724. The number of hydrogen-bond donors (Lipinski definition) is 1. The molecule has 0 aromatic heterocycles. The zero-order valence-corrected chi connectivity index (χ0v) is 17.5. The molecular formula is C24H26N2O5. The lowest BCUT2D eigenvalue weighted by molar-refractivity contribution is -0.155. The molecule has 31 heavy (non-hydrogen) atoms. The zero-order valence-electron chi connectivity index (χ0n) is 17.5. The summed E-state index contributed by atoms with van der Waals surface area (Å²) in [6.07, 6.45) is 1.96. The van der Waals surface area contributed by atoms with Gasteiger partial charge in [-0.2, -0.15) is 0 Å². The predicted octanol–water partition coefficient (Wildman–Crippen LogP) is 2.93. The number of nitrogens with zero attached hydrogens (tertiary/aromatic N) is 1. The molecule has 2 atom stereocenters. The molecule has 0 fully saturated rings. The number of aryl methyl sites for hydroxylation is 1. The highest BCUT2D eigenvalue weighted by atomic mass is 16.5. The topological polar surface area (TPSA) is 84.9 Å². The maximum absolute atomic E-state index is 12.6. The van der Waals surface area contributed by atoms with Gasteiger partial charge < -0.3 is 19.7 Å². The Hall–Kier alpha value is -3.35. The van der Waals surface area contributed by atoms with Crippen molar-refractivity contribution in [2.75, 3.05) is 18.1 Å². The van der Waals surface area contributed by atoms with Crippen LogP contribution in [0, 0.1) is 0 Å². The summed E-state index contributed by atoms with van der Waals surface area (Å²) in [5, 5.41) is 3.01. The summed E-state index contributed by atoms with van der Waals surface area (Å²) in [7, 11) is 0. The van der Waals surface area contributed by atoms with Crippen molar-refractivity contribution in [3.63, 3.8) is 0 Å². The number of rotatable bonds is 6. The van der Waals surface area contributed by atoms with Crippen LogP contribution in [0.2, 0.25) is 0 Å². The minimum atomic E-state index is -0.908. The first-order valence-electron chi connectivity index (χ1n) is 10.6. The second kappa shape index (κ2) is 9.20. The van der Waals surface area contributed by atoms with Gasteiger partial charge in [0.05, 0.1) is 18.2 Å². The van der Waals surface area contributed by atoms with Crippen LogP contribution in [0.4, 0.5) is 5.69 Å². The first-order valence-corrected chi connectivity index (χ1v) is 10.6. The third-order valence-electron chi connectivity index (χ3n) is 5.71. The second-order valence-corrected chi connectivity index (χ2v) is 7.84. The Morgan fingerprint density at radius 1 is 1.19 bits per heavy atom. The summed E-state index contributed by atoms with van der Waals surface area (Å²) in [6.45, 7) is 1.67. The molecule has 2 aromatic carbocycles. The summed E-state index contributed by atoms with van der Waals surface area (Å²) in [6, 6.07) is 15.2. The molecule has 2 amide bonds. The number of amides is 2. The number of fused-ring (bicyclic) bond motifs is 2. The van der Waals surface area contributed by atoms with Crippen molar-refractivity contribution in [3.8, 4) is 5.75 Å². The largest absolute Gasteiger partial charge is 0.482 e. The molecule has 0 radical (unpaired) electrons. The van der Waals surface area contributed by atoms with Gasteiger partial charge in [-0.05, 0) is 49.4 Å². The highest BCUT2D eigenvalue weighted by Crippen LogP contribution is 2.32. The molecule has 1 N–H and O–H groups in total. The van der Waals surface area contributed by atoms with E-state index in [1.165, 1.54) is 10.5 Å². The molecule has 0 bridgehead atoms. The Morgan fingerprint density at radius 2 is 1.97 bits per heavy atom. The first-order chi connectivity index (χ1) is 15.0. The molecule has 1 aliphatic carbocycles. The number of carbonyl (C=O) groups is 3. The summed E-state index contributed by atoms with van der Waals surface area (Å²) >= 11 is 0. The van der Waals surface area contributed by atoms with Crippen molar-refractivity contribution in [2.24, 2.45) is 0 Å². The Balaban J connectivity index is 1.30. The highest BCUT2D eigenvalue weighted by Gasteiger charge is 2.28. The molecule has 2 aliphatic rings. The lowest BCUT2D eigenvalue weighted by Gasteiger charge is -2.29. The van der Waals surface area contributed by atoms with Gasteiger partial charge >= 0.3 is 5.97 Å². The van der Waals surface area contributed by atoms with Crippen LogP contribution in [0.1, 0.15) is 43.4 Å². The average Bonchev–Trinajstić information content (AvgIpc) is 2.78. The van der Waals surface area contributed by atoms with Crippen LogP contribution >= 0.6 is 0 Å². The predicted molar refractivity (Wildman–Crippen MR) is 115 cm³/mol. The van der Waals surface area contributed by atoms with Crippen LogP contribution < -0.4 is 15.0 Å². The van der Waals surface area contributed by atoms with Crippen molar-refractivity contribution < 1.29 is 23.9 Å². The Kier molecular flexibility index (Phi) is 6.21. The fourth-order valence-electron chi connectivity index (χ4n) is 4.10. The average molecular weight is 422 g/mol. The molecule has 4 rings (SSSR count). The van der Waals surface area contributed by atoms with E-state index in [4.69, 9.17) is 9.47 Å². The van der Waals surface area contributed by atoms with Crippen LogP contribution in [0.25, 0.3) is 0 Å². The van der Waals surface area contributed by atoms with Crippen molar-refractivity contribution in [1.82, 2.24) is 5.32 Å². The first kappa shape index (κ1) is 20.9. The van der Waals surface area contributed by atoms with Crippen LogP contribution in [0.3, 0.4) is 0 Å². The number of para-hydroxylation sites is 2. The van der Waals surface area contributed by atoms with Gasteiger partial charge in [0.2, 0.25) is 0 Å². The van der Waals surface area contributed by atoms with Crippen LogP contribution in [0.5, 0.6) is 5.75 Å². The molecule has 0 unspecified atom stereocenters. The van der Waals surface area contributed by atoms with Crippen molar-refractivity contribution >= 4 is 23.5 Å². The Bertz CT molecular complexity index is 989. The smallest absolute Gasteiger partial charge is 0.308 e. The molecule has 0 spiro atoms. The van der Waals surface area contributed by atoms with Crippen molar-refractivity contribution in [2.45, 2.75) is 44.8 Å². The van der Waals surface area contributed by atoms with E-state index in [-0.39, 0.29) is 37.4 Å². The fraction of sp³-hybridized carbons (Fsp3) is 0.375. The lowest BCUT2D eigenvalue weighted by atomic mass is 9.87. The van der Waals surface area contributed by atoms with Crippen molar-refractivity contribution in [1.29, 1.82) is 0 Å². The molecule has 7 nitrogen and oxygen atoms in total. The fourth-order valence-corrected chi connectivity index (χ4v) is 4.10. The van der Waals surface area contributed by atoms with Crippen molar-refractivity contribution in [3.05, 3.63) is 59.7 Å². The normalized spacial score (nSPS) is 18.3. The molecular weight excluding hydrogens is 396 g/mol. The third-order valence-corrected chi connectivity index (χ3v) is 5.71. The van der Waals surface area contributed by atoms with E-state index in [0.29, 0.717) is 11.4 Å². The number of hydrogen-bond acceptors (Lipinski definition) is 5. The molecule has 7 heteroatoms. The number of anilines is 1. The lowest BCUT2D eigenvalue weighted by Crippen LogP contribution is -2.41. The van der Waals surface area contributed by atoms with Gasteiger partial charge in [-0.3, -0.25) is 14.4 Å². The van der Waals surface area contributed by atoms with E-state index < -0.39 is 12.1 Å². The van der Waals surface area contributed by atoms with Gasteiger partial charge in [-0.25, -0.2) is 0 Å². The van der Waals surface area contributed by atoms with Gasteiger partial charge in [-0.1, -0.05) is 36.4 Å². The molecule has 1 aliphatic heterocycles. The minimum absolute atomic E-state index is 0.00996. The van der Waals surface area contributed by atoms with E-state index in [0.717, 1.165) is 24.8 Å². The van der Waals surface area contributed by atoms with E-state index in [1.54, 1.807) is 19.1 Å². The summed E-state index contributed by atoms with van der Waals surface area (Å²) in [4.78, 5) is 38.7. The SMILES string of the molecule is C[C@@H](OC(=O)CCN1C(=O)COc2ccccc21)C(=O)N[C@@H]1CCCc2ccccc21. The number of benzene rings is 2. The zero-order chi connectivity index (χ0) is 21.8. The molecule has 1 heterocycles. The number of ether oxygens (including phenoxy) is 2. The minimum Gasteiger partial charge on any atom is -0.482 e. The summed E-state index contributed by atoms with van der Waals surface area (Å²) in [5.74, 6) is -0.449. The van der Waals surface area contributed by atoms with E-state index in [1.807, 2.05) is 30.3 Å². The van der Waals surface area contributed by atoms with E-state index in [2.05, 4.69) is 11.4 Å². The van der Waals surface area contributed by atoms with Crippen LogP contribution in [-0.4, -0.2) is 37.0 Å². The third kappa shape index (κ3) is 4.71. The van der Waals surface area contributed by atoms with E-state index >= 15 is 0 Å². The maximum atomic E-state index is 12.6. The number of nitrogens with one attached hydrogen (secondary N) is 1. The van der Waals surface area contributed by atoms with Gasteiger partial charge in [-0.15, -0.1) is 0 Å². The maximum Gasteiger partial charge on any atom is 0.308 e. The van der Waals surface area contributed by atoms with Crippen LogP contribution in [0.15, 0.2) is 48.5 Å². The van der Waals surface area contributed by atoms with Gasteiger partial charge in [0.1, 0.15) is 5.75 Å². The summed E-state index contributed by atoms with van der Waals surface area (Å²) < 4.78 is 10.7. The molecule has 0 saturated heterocycles. The highest BCUT2D eigenvalue weighted by molar-refractivity contribution is 5.98. The Morgan fingerprint density at radius 3 is 2.84 bits per heavy atom. The molecule has 162 valence electrons. The second-order valence-electron chi connectivity index (χ2n) is 7.84. The summed E-state index contributed by atoms with van der Waals surface area (Å²) in [5.41, 5.74) is 3.01. The monoisotopic (exact) mass is 422 g/mol. The van der Waals surface area contributed by atoms with Crippen LogP contribution in [-0.2, 0) is 25.5 Å². The molecule has 0 saturated carbocycles. The molecule has 2 aromatic rings.